The zero-order valence-electron chi connectivity index (χ0n) is 15.6. The minimum absolute atomic E-state index is 0.0415. The van der Waals surface area contributed by atoms with Crippen molar-refractivity contribution in [1.29, 1.82) is 0 Å². The van der Waals surface area contributed by atoms with Crippen LogP contribution in [0, 0.1) is 30.1 Å². The Hall–Kier alpha value is -1.55. The Labute approximate surface area is 160 Å². The van der Waals surface area contributed by atoms with Gasteiger partial charge in [-0.05, 0) is 93.9 Å². The molecule has 1 amide bonds. The zero-order valence-corrected chi connectivity index (χ0v) is 16.3. The Kier molecular flexibility index (Phi) is 4.72. The molecule has 0 radical (unpaired) electrons. The highest BCUT2D eigenvalue weighted by Gasteiger charge is 2.52. The minimum atomic E-state index is -0.219. The van der Waals surface area contributed by atoms with Gasteiger partial charge in [-0.2, -0.15) is 5.10 Å². The number of rotatable bonds is 5. The fraction of sp³-hybridized carbons (Fsp3) is 0.619. The van der Waals surface area contributed by atoms with Gasteiger partial charge >= 0.3 is 0 Å². The van der Waals surface area contributed by atoms with Crippen molar-refractivity contribution in [3.63, 3.8) is 0 Å². The van der Waals surface area contributed by atoms with E-state index in [1.54, 1.807) is 12.1 Å². The van der Waals surface area contributed by atoms with E-state index in [0.717, 1.165) is 29.0 Å². The molecule has 0 saturated heterocycles. The van der Waals surface area contributed by atoms with E-state index in [1.807, 2.05) is 13.0 Å². The summed E-state index contributed by atoms with van der Waals surface area (Å²) in [7, 11) is 0. The number of aryl methyl sites for hydroxylation is 1. The molecule has 0 atom stereocenters. The molecule has 0 aromatic heterocycles. The summed E-state index contributed by atoms with van der Waals surface area (Å²) in [6.45, 7) is 3.96. The van der Waals surface area contributed by atoms with Gasteiger partial charge in [-0.3, -0.25) is 4.79 Å². The average Bonchev–Trinajstić information content (AvgIpc) is 2.57. The number of nitrogens with zero attached hydrogens (tertiary/aromatic N) is 1. The third-order valence-electron chi connectivity index (χ3n) is 6.65. The lowest BCUT2D eigenvalue weighted by molar-refractivity contribution is -0.123. The zero-order chi connectivity index (χ0) is 18.3. The van der Waals surface area contributed by atoms with Gasteiger partial charge < -0.3 is 4.74 Å². The van der Waals surface area contributed by atoms with E-state index in [1.165, 1.54) is 38.5 Å². The Morgan fingerprint density at radius 3 is 2.42 bits per heavy atom. The van der Waals surface area contributed by atoms with Gasteiger partial charge in [0.05, 0.1) is 0 Å². The lowest BCUT2D eigenvalue weighted by Gasteiger charge is -2.56. The van der Waals surface area contributed by atoms with Gasteiger partial charge in [-0.15, -0.1) is 0 Å². The lowest BCUT2D eigenvalue weighted by Crippen LogP contribution is -2.49. The highest BCUT2D eigenvalue weighted by Crippen LogP contribution is 2.60. The summed E-state index contributed by atoms with van der Waals surface area (Å²) in [6, 6.07) is 5.37. The average molecular weight is 375 g/mol. The van der Waals surface area contributed by atoms with Crippen LogP contribution in [0.25, 0.3) is 0 Å². The van der Waals surface area contributed by atoms with Crippen molar-refractivity contribution in [2.75, 3.05) is 6.61 Å². The van der Waals surface area contributed by atoms with Gasteiger partial charge in [-0.25, -0.2) is 5.43 Å². The molecular formula is C21H27ClN2O2. The molecule has 0 aliphatic heterocycles. The number of benzene rings is 1. The van der Waals surface area contributed by atoms with Crippen LogP contribution in [0.1, 0.15) is 51.0 Å². The van der Waals surface area contributed by atoms with E-state index in [2.05, 4.69) is 17.5 Å². The maximum Gasteiger partial charge on any atom is 0.277 e. The number of carbonyl (C=O) groups excluding carboxylic acids is 1. The molecule has 1 N–H and O–H groups in total. The number of hydrogen-bond donors (Lipinski definition) is 1. The fourth-order valence-electron chi connectivity index (χ4n) is 5.77. The van der Waals surface area contributed by atoms with Crippen molar-refractivity contribution in [3.8, 4) is 5.75 Å². The third-order valence-corrected chi connectivity index (χ3v) is 6.88. The number of carbonyl (C=O) groups is 1. The van der Waals surface area contributed by atoms with E-state index in [-0.39, 0.29) is 17.9 Å². The highest BCUT2D eigenvalue weighted by molar-refractivity contribution is 6.30. The predicted molar refractivity (Wildman–Crippen MR) is 104 cm³/mol. The summed E-state index contributed by atoms with van der Waals surface area (Å²) in [5.74, 6) is 3.07. The maximum atomic E-state index is 12.2. The normalized spacial score (nSPS) is 32.6. The van der Waals surface area contributed by atoms with Crippen LogP contribution in [0.15, 0.2) is 23.3 Å². The number of amides is 1. The second kappa shape index (κ2) is 6.88. The molecule has 1 aromatic rings. The van der Waals surface area contributed by atoms with Crippen molar-refractivity contribution in [1.82, 2.24) is 5.43 Å². The van der Waals surface area contributed by atoms with Gasteiger partial charge in [0.1, 0.15) is 5.75 Å². The molecule has 5 rings (SSSR count). The van der Waals surface area contributed by atoms with Gasteiger partial charge in [0.15, 0.2) is 6.61 Å². The maximum absolute atomic E-state index is 12.2. The van der Waals surface area contributed by atoms with Crippen LogP contribution in [-0.4, -0.2) is 18.2 Å². The Morgan fingerprint density at radius 1 is 1.23 bits per heavy atom. The van der Waals surface area contributed by atoms with Crippen molar-refractivity contribution in [2.45, 2.75) is 52.4 Å². The molecule has 26 heavy (non-hydrogen) atoms. The van der Waals surface area contributed by atoms with Crippen LogP contribution >= 0.6 is 11.6 Å². The fourth-order valence-corrected chi connectivity index (χ4v) is 6.00. The Balaban J connectivity index is 1.34. The molecule has 4 aliphatic rings. The molecule has 0 unspecified atom stereocenters. The van der Waals surface area contributed by atoms with Gasteiger partial charge in [-0.1, -0.05) is 11.6 Å². The van der Waals surface area contributed by atoms with E-state index in [0.29, 0.717) is 10.8 Å². The SMILES string of the molecule is C/C(=N/NC(=O)COc1ccc(Cl)cc1C)C12CC3CC(CC(C3)C1)C2. The Morgan fingerprint density at radius 2 is 1.85 bits per heavy atom. The number of nitrogens with one attached hydrogen (secondary N) is 1. The van der Waals surface area contributed by atoms with Crippen LogP contribution in [0.4, 0.5) is 0 Å². The standard InChI is InChI=1S/C21H27ClN2O2/c1-13-5-18(22)3-4-19(13)26-12-20(25)24-23-14(2)21-9-15-6-16(10-21)8-17(7-15)11-21/h3-5,15-17H,6-12H2,1-2H3,(H,24,25)/b23-14-. The quantitative estimate of drug-likeness (QED) is 0.598. The lowest BCUT2D eigenvalue weighted by atomic mass is 9.48. The second-order valence-electron chi connectivity index (χ2n) is 8.63. The molecule has 5 heteroatoms. The molecule has 0 heterocycles. The summed E-state index contributed by atoms with van der Waals surface area (Å²) in [5.41, 5.74) is 4.96. The van der Waals surface area contributed by atoms with Gasteiger partial charge in [0.2, 0.25) is 0 Å². The van der Waals surface area contributed by atoms with E-state index in [9.17, 15) is 4.79 Å². The molecule has 4 fully saturated rings. The summed E-state index contributed by atoms with van der Waals surface area (Å²) in [4.78, 5) is 12.2. The molecule has 1 aromatic carbocycles. The summed E-state index contributed by atoms with van der Waals surface area (Å²) in [6.07, 6.45) is 7.99. The molecule has 4 bridgehead atoms. The largest absolute Gasteiger partial charge is 0.483 e. The summed E-state index contributed by atoms with van der Waals surface area (Å²) in [5, 5.41) is 5.14. The van der Waals surface area contributed by atoms with Crippen LogP contribution in [0.3, 0.4) is 0 Å². The molecule has 0 spiro atoms. The van der Waals surface area contributed by atoms with Crippen LogP contribution in [0.2, 0.25) is 5.02 Å². The monoisotopic (exact) mass is 374 g/mol. The van der Waals surface area contributed by atoms with E-state index >= 15 is 0 Å². The number of halogens is 1. The molecular weight excluding hydrogens is 348 g/mol. The van der Waals surface area contributed by atoms with Crippen LogP contribution in [-0.2, 0) is 4.79 Å². The number of hydrogen-bond acceptors (Lipinski definition) is 3. The second-order valence-corrected chi connectivity index (χ2v) is 9.07. The highest BCUT2D eigenvalue weighted by atomic mass is 35.5. The Bertz CT molecular complexity index is 708. The predicted octanol–water partition coefficient (Wildman–Crippen LogP) is 4.74. The van der Waals surface area contributed by atoms with Crippen molar-refractivity contribution < 1.29 is 9.53 Å². The van der Waals surface area contributed by atoms with E-state index in [4.69, 9.17) is 16.3 Å². The first-order valence-electron chi connectivity index (χ1n) is 9.66. The van der Waals surface area contributed by atoms with Crippen molar-refractivity contribution in [2.24, 2.45) is 28.3 Å². The van der Waals surface area contributed by atoms with Crippen molar-refractivity contribution in [3.05, 3.63) is 28.8 Å². The van der Waals surface area contributed by atoms with Crippen molar-refractivity contribution >= 4 is 23.2 Å². The smallest absolute Gasteiger partial charge is 0.277 e. The number of hydrazone groups is 1. The molecule has 4 saturated carbocycles. The van der Waals surface area contributed by atoms with Crippen LogP contribution < -0.4 is 10.2 Å². The van der Waals surface area contributed by atoms with Gasteiger partial charge in [0, 0.05) is 16.1 Å². The molecule has 4 aliphatic carbocycles. The summed E-state index contributed by atoms with van der Waals surface area (Å²) >= 11 is 5.94. The first-order valence-corrected chi connectivity index (χ1v) is 10.0. The molecule has 140 valence electrons. The number of ether oxygens (including phenoxy) is 1. The minimum Gasteiger partial charge on any atom is -0.483 e. The van der Waals surface area contributed by atoms with Gasteiger partial charge in [0.25, 0.3) is 5.91 Å². The first kappa shape index (κ1) is 17.8. The third kappa shape index (κ3) is 3.48. The van der Waals surface area contributed by atoms with Crippen LogP contribution in [0.5, 0.6) is 5.75 Å². The molecule has 4 nitrogen and oxygen atoms in total. The summed E-state index contributed by atoms with van der Waals surface area (Å²) < 4.78 is 5.60. The van der Waals surface area contributed by atoms with E-state index < -0.39 is 0 Å². The topological polar surface area (TPSA) is 50.7 Å². The first-order chi connectivity index (χ1) is 12.4.